The fourth-order valence-corrected chi connectivity index (χ4v) is 4.77. The van der Waals surface area contributed by atoms with Gasteiger partial charge < -0.3 is 9.47 Å². The van der Waals surface area contributed by atoms with Crippen LogP contribution in [0, 0.1) is 19.8 Å². The fourth-order valence-electron chi connectivity index (χ4n) is 3.71. The first kappa shape index (κ1) is 22.3. The number of anilines is 2. The first-order valence-electron chi connectivity index (χ1n) is 10.2. The summed E-state index contributed by atoms with van der Waals surface area (Å²) in [4.78, 5) is 31.1. The summed E-state index contributed by atoms with van der Waals surface area (Å²) >= 11 is 7.39. The molecule has 2 aromatic carbocycles. The molecule has 32 heavy (non-hydrogen) atoms. The Kier molecular flexibility index (Phi) is 6.48. The average Bonchev–Trinajstić information content (AvgIpc) is 3.21. The van der Waals surface area contributed by atoms with Crippen LogP contribution in [0.15, 0.2) is 41.8 Å². The lowest BCUT2D eigenvalue weighted by molar-refractivity contribution is -0.151. The summed E-state index contributed by atoms with van der Waals surface area (Å²) in [7, 11) is 0. The van der Waals surface area contributed by atoms with Crippen LogP contribution < -0.4 is 9.64 Å². The molecule has 0 N–H and O–H groups in total. The van der Waals surface area contributed by atoms with Gasteiger partial charge in [0.15, 0.2) is 5.13 Å². The molecule has 2 heterocycles. The van der Waals surface area contributed by atoms with Gasteiger partial charge in [-0.05, 0) is 55.7 Å². The van der Waals surface area contributed by atoms with Crippen LogP contribution in [0.5, 0.6) is 5.75 Å². The van der Waals surface area contributed by atoms with Crippen molar-refractivity contribution in [2.45, 2.75) is 33.8 Å². The highest BCUT2D eigenvalue weighted by molar-refractivity contribution is 7.14. The van der Waals surface area contributed by atoms with E-state index in [0.717, 1.165) is 28.1 Å². The predicted octanol–water partition coefficient (Wildman–Crippen LogP) is 5.39. The molecular weight excluding hydrogens is 448 g/mol. The van der Waals surface area contributed by atoms with Gasteiger partial charge in [-0.3, -0.25) is 14.5 Å². The maximum absolute atomic E-state index is 12.6. The summed E-state index contributed by atoms with van der Waals surface area (Å²) in [6.07, 6.45) is 0.516. The molecule has 0 spiro atoms. The van der Waals surface area contributed by atoms with Gasteiger partial charge >= 0.3 is 5.97 Å². The van der Waals surface area contributed by atoms with E-state index in [-0.39, 0.29) is 25.1 Å². The molecule has 0 bridgehead atoms. The molecule has 1 aliphatic heterocycles. The monoisotopic (exact) mass is 470 g/mol. The van der Waals surface area contributed by atoms with Crippen LogP contribution in [0.1, 0.15) is 29.3 Å². The van der Waals surface area contributed by atoms with Crippen molar-refractivity contribution in [2.24, 2.45) is 5.92 Å². The van der Waals surface area contributed by atoms with E-state index in [1.807, 2.05) is 44.2 Å². The number of carbonyl (C=O) groups is 2. The van der Waals surface area contributed by atoms with Crippen molar-refractivity contribution >= 4 is 45.6 Å². The van der Waals surface area contributed by atoms with Crippen LogP contribution in [0.4, 0.5) is 10.8 Å². The second-order valence-electron chi connectivity index (χ2n) is 7.84. The number of amides is 1. The Morgan fingerprint density at radius 3 is 2.81 bits per heavy atom. The molecule has 8 heteroatoms. The van der Waals surface area contributed by atoms with E-state index in [4.69, 9.17) is 21.1 Å². The van der Waals surface area contributed by atoms with E-state index >= 15 is 0 Å². The molecule has 6 nitrogen and oxygen atoms in total. The number of fused-ring (bicyclic) bond motifs is 1. The third-order valence-electron chi connectivity index (χ3n) is 5.26. The van der Waals surface area contributed by atoms with Crippen molar-refractivity contribution in [1.82, 2.24) is 4.98 Å². The van der Waals surface area contributed by atoms with Gasteiger partial charge in [0.2, 0.25) is 5.91 Å². The number of halogens is 1. The van der Waals surface area contributed by atoms with Crippen LogP contribution in [0.2, 0.25) is 5.02 Å². The van der Waals surface area contributed by atoms with Crippen LogP contribution in [0.3, 0.4) is 0 Å². The number of aromatic nitrogens is 1. The lowest BCUT2D eigenvalue weighted by Crippen LogP contribution is -2.29. The van der Waals surface area contributed by atoms with E-state index in [2.05, 4.69) is 4.98 Å². The molecular formula is C24H23ClN2O4S. The van der Waals surface area contributed by atoms with Gasteiger partial charge in [-0.1, -0.05) is 29.3 Å². The van der Waals surface area contributed by atoms with Crippen LogP contribution in [-0.4, -0.2) is 23.5 Å². The van der Waals surface area contributed by atoms with Gasteiger partial charge in [-0.15, -0.1) is 11.3 Å². The Bertz CT molecular complexity index is 1180. The molecule has 166 valence electrons. The third kappa shape index (κ3) is 4.79. The maximum Gasteiger partial charge on any atom is 0.313 e. The van der Waals surface area contributed by atoms with Crippen molar-refractivity contribution < 1.29 is 19.1 Å². The van der Waals surface area contributed by atoms with Gasteiger partial charge in [0, 0.05) is 17.3 Å². The quantitative estimate of drug-likeness (QED) is 0.467. The summed E-state index contributed by atoms with van der Waals surface area (Å²) in [5.74, 6) is -0.129. The van der Waals surface area contributed by atoms with E-state index < -0.39 is 5.92 Å². The number of aryl methyl sites for hydroxylation is 2. The molecule has 3 aromatic rings. The highest BCUT2D eigenvalue weighted by atomic mass is 35.5. The number of ether oxygens (including phenoxy) is 2. The summed E-state index contributed by atoms with van der Waals surface area (Å²) < 4.78 is 11.2. The molecule has 4 rings (SSSR count). The molecule has 0 radical (unpaired) electrons. The van der Waals surface area contributed by atoms with E-state index in [9.17, 15) is 9.59 Å². The molecule has 0 saturated carbocycles. The molecule has 1 aromatic heterocycles. The maximum atomic E-state index is 12.6. The highest BCUT2D eigenvalue weighted by Gasteiger charge is 2.28. The minimum atomic E-state index is -0.400. The second kappa shape index (κ2) is 9.30. The lowest BCUT2D eigenvalue weighted by Gasteiger charge is -2.24. The van der Waals surface area contributed by atoms with Crippen molar-refractivity contribution in [2.75, 3.05) is 11.5 Å². The van der Waals surface area contributed by atoms with E-state index in [0.29, 0.717) is 22.3 Å². The van der Waals surface area contributed by atoms with Crippen LogP contribution >= 0.6 is 22.9 Å². The predicted molar refractivity (Wildman–Crippen MR) is 125 cm³/mol. The van der Waals surface area contributed by atoms with Gasteiger partial charge in [0.1, 0.15) is 19.0 Å². The average molecular weight is 471 g/mol. The van der Waals surface area contributed by atoms with Gasteiger partial charge in [-0.2, -0.15) is 0 Å². The third-order valence-corrected chi connectivity index (χ3v) is 6.37. The summed E-state index contributed by atoms with van der Waals surface area (Å²) in [5, 5.41) is 2.95. The molecule has 1 unspecified atom stereocenters. The zero-order valence-corrected chi connectivity index (χ0v) is 19.6. The van der Waals surface area contributed by atoms with Crippen molar-refractivity contribution in [3.8, 4) is 5.75 Å². The minimum absolute atomic E-state index is 0.0346. The van der Waals surface area contributed by atoms with Crippen molar-refractivity contribution in [3.63, 3.8) is 0 Å². The Morgan fingerprint density at radius 2 is 2.06 bits per heavy atom. The Labute approximate surface area is 195 Å². The largest absolute Gasteiger partial charge is 0.492 e. The fraction of sp³-hybridized carbons (Fsp3) is 0.292. The number of hydrogen-bond acceptors (Lipinski definition) is 6. The number of benzene rings is 2. The number of carbonyl (C=O) groups excluding carboxylic acids is 2. The number of thiazole rings is 1. The number of rotatable bonds is 5. The summed E-state index contributed by atoms with van der Waals surface area (Å²) in [6, 6.07) is 11.3. The molecule has 1 atom stereocenters. The van der Waals surface area contributed by atoms with E-state index in [1.165, 1.54) is 18.3 Å². The molecule has 0 aliphatic carbocycles. The molecule has 0 fully saturated rings. The number of nitrogens with zero attached hydrogens (tertiary/aromatic N) is 2. The van der Waals surface area contributed by atoms with Gasteiger partial charge in [0.25, 0.3) is 0 Å². The standard InChI is InChI=1S/C24H23ClN2O4S/c1-14-4-6-21(15(2)8-14)27(16(3)28)24-26-20(13-32-24)12-31-23(29)18-9-17-10-19(25)5-7-22(17)30-11-18/h4-8,10,13,18H,9,11-12H2,1-3H3. The Morgan fingerprint density at radius 1 is 1.25 bits per heavy atom. The molecule has 1 aliphatic rings. The SMILES string of the molecule is CC(=O)N(c1nc(COC(=O)C2COc3ccc(Cl)cc3C2)cs1)c1ccc(C)cc1C. The lowest BCUT2D eigenvalue weighted by atomic mass is 9.97. The Balaban J connectivity index is 1.42. The zero-order valence-electron chi connectivity index (χ0n) is 18.1. The van der Waals surface area contributed by atoms with Gasteiger partial charge in [-0.25, -0.2) is 4.98 Å². The highest BCUT2D eigenvalue weighted by Crippen LogP contribution is 2.33. The van der Waals surface area contributed by atoms with E-state index in [1.54, 1.807) is 16.3 Å². The second-order valence-corrected chi connectivity index (χ2v) is 9.11. The van der Waals surface area contributed by atoms with Crippen molar-refractivity contribution in [3.05, 3.63) is 69.2 Å². The smallest absolute Gasteiger partial charge is 0.313 e. The topological polar surface area (TPSA) is 68.7 Å². The molecule has 1 amide bonds. The first-order chi connectivity index (χ1) is 15.3. The Hall–Kier alpha value is -2.90. The van der Waals surface area contributed by atoms with Crippen LogP contribution in [-0.2, 0) is 27.4 Å². The minimum Gasteiger partial charge on any atom is -0.492 e. The number of hydrogen-bond donors (Lipinski definition) is 0. The summed E-state index contributed by atoms with van der Waals surface area (Å²) in [5.41, 5.74) is 4.39. The van der Waals surface area contributed by atoms with Gasteiger partial charge in [0.05, 0.1) is 17.3 Å². The normalized spacial score (nSPS) is 14.9. The molecule has 0 saturated heterocycles. The van der Waals surface area contributed by atoms with Crippen LogP contribution in [0.25, 0.3) is 0 Å². The van der Waals surface area contributed by atoms with Crippen molar-refractivity contribution in [1.29, 1.82) is 0 Å². The zero-order chi connectivity index (χ0) is 22.8. The summed E-state index contributed by atoms with van der Waals surface area (Å²) in [6.45, 7) is 5.78. The first-order valence-corrected chi connectivity index (χ1v) is 11.5. The number of esters is 1.